The molecule has 1 saturated heterocycles. The Hall–Kier alpha value is -1.57. The van der Waals surface area contributed by atoms with Crippen molar-refractivity contribution in [1.29, 1.82) is 5.26 Å². The number of benzene rings is 1. The number of nitriles is 1. The highest BCUT2D eigenvalue weighted by molar-refractivity contribution is 5.34. The summed E-state index contributed by atoms with van der Waals surface area (Å²) in [7, 11) is 0. The van der Waals surface area contributed by atoms with Crippen LogP contribution in [0.4, 0.5) is 0 Å². The molecule has 0 saturated carbocycles. The zero-order chi connectivity index (χ0) is 14.9. The van der Waals surface area contributed by atoms with Crippen molar-refractivity contribution in [3.05, 3.63) is 29.8 Å². The van der Waals surface area contributed by atoms with Crippen LogP contribution in [0.15, 0.2) is 24.3 Å². The van der Waals surface area contributed by atoms with Gasteiger partial charge in [-0.3, -0.25) is 0 Å². The van der Waals surface area contributed by atoms with E-state index in [9.17, 15) is 0 Å². The van der Waals surface area contributed by atoms with Gasteiger partial charge < -0.3 is 14.5 Å². The maximum atomic E-state index is 8.74. The van der Waals surface area contributed by atoms with Crippen LogP contribution < -0.4 is 14.5 Å². The zero-order valence-electron chi connectivity index (χ0n) is 13.0. The number of hydrogen-bond donors (Lipinski definition) is 2. The Morgan fingerprint density at radius 2 is 1.71 bits per heavy atom. The number of piperazine rings is 1. The number of rotatable bonds is 7. The molecule has 1 aliphatic rings. The summed E-state index contributed by atoms with van der Waals surface area (Å²) in [5.74, 6) is 0.863. The Labute approximate surface area is 127 Å². The molecule has 0 unspecified atom stereocenters. The smallest absolute Gasteiger partial charge is 0.127 e. The number of nitrogens with one attached hydrogen (secondary N) is 2. The average molecular weight is 289 g/mol. The maximum absolute atomic E-state index is 8.74. The van der Waals surface area contributed by atoms with Gasteiger partial charge in [0.2, 0.25) is 0 Å². The van der Waals surface area contributed by atoms with Gasteiger partial charge in [-0.25, -0.2) is 0 Å². The first-order valence-corrected chi connectivity index (χ1v) is 8.12. The molecule has 4 heteroatoms. The third-order valence-electron chi connectivity index (χ3n) is 4.34. The summed E-state index contributed by atoms with van der Waals surface area (Å²) in [6.45, 7) is 10.9. The van der Waals surface area contributed by atoms with E-state index in [1.54, 1.807) is 21.9 Å². The molecule has 2 rings (SSSR count). The fourth-order valence-corrected chi connectivity index (χ4v) is 2.85. The molecule has 0 atom stereocenters. The molecule has 1 fully saturated rings. The summed E-state index contributed by atoms with van der Waals surface area (Å²) in [5.41, 5.74) is 0.680. The minimum absolute atomic E-state index is 0.680. The zero-order valence-corrected chi connectivity index (χ0v) is 13.0. The van der Waals surface area contributed by atoms with E-state index in [1.807, 2.05) is 12.1 Å². The molecule has 2 N–H and O–H groups in total. The second-order valence-corrected chi connectivity index (χ2v) is 5.80. The maximum Gasteiger partial charge on any atom is 0.127 e. The van der Waals surface area contributed by atoms with E-state index in [2.05, 4.69) is 13.0 Å². The number of nitrogens with zero attached hydrogens (tertiary/aromatic N) is 1. The van der Waals surface area contributed by atoms with E-state index in [1.165, 1.54) is 45.7 Å². The molecule has 1 aromatic carbocycles. The normalized spacial score (nSPS) is 21.7. The van der Waals surface area contributed by atoms with Gasteiger partial charge in [-0.2, -0.15) is 5.26 Å². The topological polar surface area (TPSA) is 41.9 Å². The standard InChI is InChI=1S/C17H25N3O/c1-2-19-10-12-20(13-11-19)9-3-4-14-21-17-7-5-16(15-18)6-8-17/h5-8H,2-4,9-14H2,1H3/p+2. The predicted molar refractivity (Wildman–Crippen MR) is 82.7 cm³/mol. The molecule has 0 bridgehead atoms. The van der Waals surface area contributed by atoms with Crippen LogP contribution in [0.1, 0.15) is 25.3 Å². The van der Waals surface area contributed by atoms with E-state index in [-0.39, 0.29) is 0 Å². The lowest BCUT2D eigenvalue weighted by Gasteiger charge is -2.28. The van der Waals surface area contributed by atoms with E-state index in [4.69, 9.17) is 10.00 Å². The minimum atomic E-state index is 0.680. The summed E-state index contributed by atoms with van der Waals surface area (Å²) in [4.78, 5) is 3.51. The van der Waals surface area contributed by atoms with Crippen molar-refractivity contribution in [2.45, 2.75) is 19.8 Å². The lowest BCUT2D eigenvalue weighted by atomic mass is 10.2. The van der Waals surface area contributed by atoms with E-state index in [0.29, 0.717) is 5.56 Å². The van der Waals surface area contributed by atoms with E-state index in [0.717, 1.165) is 18.8 Å². The minimum Gasteiger partial charge on any atom is -0.494 e. The summed E-state index contributed by atoms with van der Waals surface area (Å²) in [6.07, 6.45) is 2.33. The predicted octanol–water partition coefficient (Wildman–Crippen LogP) is -0.479. The molecule has 0 spiro atoms. The number of ether oxygens (including phenoxy) is 1. The van der Waals surface area contributed by atoms with Crippen molar-refractivity contribution in [3.8, 4) is 11.8 Å². The first-order valence-electron chi connectivity index (χ1n) is 8.12. The molecule has 1 heterocycles. The monoisotopic (exact) mass is 289 g/mol. The van der Waals surface area contributed by atoms with Gasteiger partial charge in [0.05, 0.1) is 31.3 Å². The second-order valence-electron chi connectivity index (χ2n) is 5.80. The summed E-state index contributed by atoms with van der Waals surface area (Å²) < 4.78 is 5.71. The highest BCUT2D eigenvalue weighted by Crippen LogP contribution is 2.11. The molecule has 0 amide bonds. The molecule has 1 aromatic rings. The highest BCUT2D eigenvalue weighted by atomic mass is 16.5. The van der Waals surface area contributed by atoms with Gasteiger partial charge in [0.15, 0.2) is 0 Å². The summed E-state index contributed by atoms with van der Waals surface area (Å²) >= 11 is 0. The van der Waals surface area contributed by atoms with Gasteiger partial charge in [-0.15, -0.1) is 0 Å². The van der Waals surface area contributed by atoms with Crippen molar-refractivity contribution >= 4 is 0 Å². The third-order valence-corrected chi connectivity index (χ3v) is 4.34. The molecule has 0 aromatic heterocycles. The van der Waals surface area contributed by atoms with Gasteiger partial charge >= 0.3 is 0 Å². The van der Waals surface area contributed by atoms with E-state index >= 15 is 0 Å². The van der Waals surface area contributed by atoms with Gasteiger partial charge in [0, 0.05) is 0 Å². The fraction of sp³-hybridized carbons (Fsp3) is 0.588. The summed E-state index contributed by atoms with van der Waals surface area (Å²) in [6, 6.07) is 9.46. The Morgan fingerprint density at radius 3 is 2.33 bits per heavy atom. The van der Waals surface area contributed by atoms with Crippen LogP contribution in [0.3, 0.4) is 0 Å². The Morgan fingerprint density at radius 1 is 1.05 bits per heavy atom. The second kappa shape index (κ2) is 8.66. The van der Waals surface area contributed by atoms with Crippen LogP contribution in [-0.2, 0) is 0 Å². The Bertz CT molecular complexity index is 444. The number of likely N-dealkylation sites (N-methyl/N-ethyl adjacent to an activating group) is 1. The van der Waals surface area contributed by atoms with Crippen molar-refractivity contribution in [2.24, 2.45) is 0 Å². The number of hydrogen-bond acceptors (Lipinski definition) is 2. The number of unbranched alkanes of at least 4 members (excludes halogenated alkanes) is 1. The lowest BCUT2D eigenvalue weighted by Crippen LogP contribution is -3.28. The molecule has 114 valence electrons. The van der Waals surface area contributed by atoms with Gasteiger partial charge in [0.1, 0.15) is 31.9 Å². The molecule has 0 radical (unpaired) electrons. The highest BCUT2D eigenvalue weighted by Gasteiger charge is 2.20. The molecular formula is C17H27N3O+2. The number of quaternary nitrogens is 2. The van der Waals surface area contributed by atoms with Crippen molar-refractivity contribution in [2.75, 3.05) is 45.9 Å². The van der Waals surface area contributed by atoms with Crippen molar-refractivity contribution < 1.29 is 14.5 Å². The molecular weight excluding hydrogens is 262 g/mol. The molecule has 0 aliphatic carbocycles. The molecule has 21 heavy (non-hydrogen) atoms. The third kappa shape index (κ3) is 5.37. The average Bonchev–Trinajstić information content (AvgIpc) is 2.55. The van der Waals surface area contributed by atoms with E-state index < -0.39 is 0 Å². The van der Waals surface area contributed by atoms with Crippen LogP contribution in [0.5, 0.6) is 5.75 Å². The first-order chi connectivity index (χ1) is 10.3. The fourth-order valence-electron chi connectivity index (χ4n) is 2.85. The summed E-state index contributed by atoms with van der Waals surface area (Å²) in [5, 5.41) is 8.74. The quantitative estimate of drug-likeness (QED) is 0.666. The van der Waals surface area contributed by atoms with Gasteiger partial charge in [-0.1, -0.05) is 0 Å². The van der Waals surface area contributed by atoms with Crippen LogP contribution >= 0.6 is 0 Å². The SMILES string of the molecule is CC[NH+]1CC[NH+](CCCCOc2ccc(C#N)cc2)CC1. The van der Waals surface area contributed by atoms with Crippen LogP contribution in [-0.4, -0.2) is 45.9 Å². The van der Waals surface area contributed by atoms with Crippen LogP contribution in [0.25, 0.3) is 0 Å². The first kappa shape index (κ1) is 15.8. The lowest BCUT2D eigenvalue weighted by molar-refractivity contribution is -1.01. The Balaban J connectivity index is 1.55. The van der Waals surface area contributed by atoms with Gasteiger partial charge in [-0.05, 0) is 44.0 Å². The molecule has 4 nitrogen and oxygen atoms in total. The Kier molecular flexibility index (Phi) is 6.52. The van der Waals surface area contributed by atoms with Crippen molar-refractivity contribution in [3.63, 3.8) is 0 Å². The van der Waals surface area contributed by atoms with Crippen LogP contribution in [0.2, 0.25) is 0 Å². The largest absolute Gasteiger partial charge is 0.494 e. The van der Waals surface area contributed by atoms with Crippen LogP contribution in [0, 0.1) is 11.3 Å². The van der Waals surface area contributed by atoms with Crippen molar-refractivity contribution in [1.82, 2.24) is 0 Å². The molecule has 1 aliphatic heterocycles. The van der Waals surface area contributed by atoms with Gasteiger partial charge in [0.25, 0.3) is 0 Å².